The fourth-order valence-electron chi connectivity index (χ4n) is 1.11. The van der Waals surface area contributed by atoms with Gasteiger partial charge < -0.3 is 29.4 Å². The van der Waals surface area contributed by atoms with Crippen LogP contribution in [0.15, 0.2) is 12.2 Å². The van der Waals surface area contributed by atoms with E-state index in [0.29, 0.717) is 0 Å². The molecule has 0 aromatic rings. The molecule has 0 atom stereocenters. The molecule has 0 radical (unpaired) electrons. The second-order valence-corrected chi connectivity index (χ2v) is 9.26. The third kappa shape index (κ3) is 8.32. The van der Waals surface area contributed by atoms with Crippen molar-refractivity contribution >= 4 is 22.8 Å². The van der Waals surface area contributed by atoms with Crippen molar-refractivity contribution in [2.24, 2.45) is 0 Å². The molecular formula is C6H15O9P3. The summed E-state index contributed by atoms with van der Waals surface area (Å²) in [6.07, 6.45) is 1.17. The third-order valence-corrected chi connectivity index (χ3v) is 6.44. The minimum atomic E-state index is -4.93. The molecule has 0 heterocycles. The highest BCUT2D eigenvalue weighted by atomic mass is 31.2. The van der Waals surface area contributed by atoms with E-state index < -0.39 is 40.8 Å². The lowest BCUT2D eigenvalue weighted by atomic mass is 10.3. The summed E-state index contributed by atoms with van der Waals surface area (Å²) >= 11 is 0. The molecule has 0 saturated carbocycles. The van der Waals surface area contributed by atoms with Crippen LogP contribution in [-0.4, -0.2) is 40.9 Å². The minimum Gasteiger partial charge on any atom is -0.324 e. The van der Waals surface area contributed by atoms with Crippen molar-refractivity contribution in [1.82, 2.24) is 0 Å². The van der Waals surface area contributed by atoms with Crippen LogP contribution in [0.25, 0.3) is 0 Å². The van der Waals surface area contributed by atoms with E-state index in [9.17, 15) is 13.7 Å². The number of hydrogen-bond acceptors (Lipinski definition) is 3. The van der Waals surface area contributed by atoms with Crippen molar-refractivity contribution in [3.05, 3.63) is 12.2 Å². The van der Waals surface area contributed by atoms with Crippen LogP contribution in [0.2, 0.25) is 0 Å². The first-order valence-electron chi connectivity index (χ1n) is 4.64. The molecule has 18 heavy (non-hydrogen) atoms. The maximum Gasteiger partial charge on any atom is 0.340 e. The SMILES string of the molecule is O=P(O)(O)C/C=C/CCC(P(=O)(O)O)P(=O)(O)O. The molecule has 0 rings (SSSR count). The Kier molecular flexibility index (Phi) is 6.64. The van der Waals surface area contributed by atoms with Crippen molar-refractivity contribution in [3.8, 4) is 0 Å². The summed E-state index contributed by atoms with van der Waals surface area (Å²) in [5, 5.41) is -2.09. The lowest BCUT2D eigenvalue weighted by Crippen LogP contribution is -2.08. The normalized spacial score (nSPS) is 14.6. The molecule has 108 valence electrons. The van der Waals surface area contributed by atoms with Gasteiger partial charge in [-0.25, -0.2) is 0 Å². The quantitative estimate of drug-likeness (QED) is 0.282. The van der Waals surface area contributed by atoms with Crippen LogP contribution >= 0.6 is 22.8 Å². The van der Waals surface area contributed by atoms with Gasteiger partial charge in [-0.2, -0.15) is 0 Å². The van der Waals surface area contributed by atoms with E-state index in [1.54, 1.807) is 0 Å². The molecule has 0 aliphatic heterocycles. The van der Waals surface area contributed by atoms with Crippen LogP contribution < -0.4 is 0 Å². The largest absolute Gasteiger partial charge is 0.340 e. The van der Waals surface area contributed by atoms with Crippen LogP contribution in [0, 0.1) is 0 Å². The van der Waals surface area contributed by atoms with Crippen molar-refractivity contribution < 1.29 is 43.1 Å². The molecule has 0 fully saturated rings. The second kappa shape index (κ2) is 6.57. The van der Waals surface area contributed by atoms with Crippen LogP contribution in [0.5, 0.6) is 0 Å². The van der Waals surface area contributed by atoms with Gasteiger partial charge in [0.25, 0.3) is 0 Å². The van der Waals surface area contributed by atoms with Gasteiger partial charge in [-0.05, 0) is 12.8 Å². The van der Waals surface area contributed by atoms with E-state index in [4.69, 9.17) is 29.4 Å². The monoisotopic (exact) mass is 324 g/mol. The first-order chi connectivity index (χ1) is 7.84. The molecule has 0 amide bonds. The zero-order chi connectivity index (χ0) is 14.6. The Morgan fingerprint density at radius 2 is 1.28 bits per heavy atom. The average Bonchev–Trinajstić information content (AvgIpc) is 2.04. The minimum absolute atomic E-state index is 0.110. The molecule has 6 N–H and O–H groups in total. The smallest absolute Gasteiger partial charge is 0.324 e. The van der Waals surface area contributed by atoms with Gasteiger partial charge in [-0.3, -0.25) is 13.7 Å². The van der Waals surface area contributed by atoms with Gasteiger partial charge in [0, 0.05) is 0 Å². The highest BCUT2D eigenvalue weighted by molar-refractivity contribution is 7.70. The lowest BCUT2D eigenvalue weighted by Gasteiger charge is -2.18. The fraction of sp³-hybridized carbons (Fsp3) is 0.667. The molecule has 0 aromatic heterocycles. The molecule has 0 unspecified atom stereocenters. The zero-order valence-electron chi connectivity index (χ0n) is 9.10. The fourth-order valence-corrected chi connectivity index (χ4v) is 4.07. The molecule has 12 heteroatoms. The van der Waals surface area contributed by atoms with Crippen LogP contribution in [0.1, 0.15) is 12.8 Å². The highest BCUT2D eigenvalue weighted by Gasteiger charge is 2.42. The first-order valence-corrected chi connectivity index (χ1v) is 9.80. The Bertz CT molecular complexity index is 404. The van der Waals surface area contributed by atoms with Gasteiger partial charge in [0.05, 0.1) is 6.16 Å². The van der Waals surface area contributed by atoms with E-state index >= 15 is 0 Å². The molecule has 0 aliphatic rings. The van der Waals surface area contributed by atoms with E-state index in [1.807, 2.05) is 0 Å². The number of allylic oxidation sites excluding steroid dienone is 2. The molecular weight excluding hydrogens is 309 g/mol. The topological polar surface area (TPSA) is 173 Å². The highest BCUT2D eigenvalue weighted by Crippen LogP contribution is 2.61. The van der Waals surface area contributed by atoms with E-state index in [1.165, 1.54) is 6.08 Å². The zero-order valence-corrected chi connectivity index (χ0v) is 11.8. The van der Waals surface area contributed by atoms with Crippen molar-refractivity contribution in [1.29, 1.82) is 0 Å². The second-order valence-electron chi connectivity index (χ2n) is 3.55. The molecule has 0 aliphatic carbocycles. The summed E-state index contributed by atoms with van der Waals surface area (Å²) in [4.78, 5) is 52.1. The summed E-state index contributed by atoms with van der Waals surface area (Å²) in [7, 11) is -14.0. The van der Waals surface area contributed by atoms with Crippen LogP contribution in [0.4, 0.5) is 0 Å². The first kappa shape index (κ1) is 18.2. The lowest BCUT2D eigenvalue weighted by molar-refractivity contribution is 0.335. The van der Waals surface area contributed by atoms with E-state index in [-0.39, 0.29) is 6.42 Å². The molecule has 0 spiro atoms. The Labute approximate surface area is 103 Å². The van der Waals surface area contributed by atoms with E-state index in [0.717, 1.165) is 6.08 Å². The van der Waals surface area contributed by atoms with Crippen LogP contribution in [-0.2, 0) is 13.7 Å². The van der Waals surface area contributed by atoms with Gasteiger partial charge in [-0.1, -0.05) is 12.2 Å². The van der Waals surface area contributed by atoms with E-state index in [2.05, 4.69) is 0 Å². The summed E-state index contributed by atoms with van der Waals surface area (Å²) in [6, 6.07) is 0. The standard InChI is InChI=1S/C6H15O9P3/c7-16(8,9)5-3-1-2-4-6(17(10,11)12)18(13,14)15/h1,3,6H,2,4-5H2,(H2,7,8,9)(H2,10,11,12)(H2,13,14,15)/b3-1+. The van der Waals surface area contributed by atoms with Crippen LogP contribution in [0.3, 0.4) is 0 Å². The maximum atomic E-state index is 10.9. The summed E-state index contributed by atoms with van der Waals surface area (Å²) in [6.45, 7) is 0. The van der Waals surface area contributed by atoms with Crippen molar-refractivity contribution in [3.63, 3.8) is 0 Å². The number of rotatable bonds is 7. The Balaban J connectivity index is 4.45. The maximum absolute atomic E-state index is 10.9. The van der Waals surface area contributed by atoms with Gasteiger partial charge >= 0.3 is 22.8 Å². The van der Waals surface area contributed by atoms with Gasteiger partial charge in [-0.15, -0.1) is 0 Å². The molecule has 0 aromatic carbocycles. The third-order valence-electron chi connectivity index (χ3n) is 1.88. The molecule has 0 bridgehead atoms. The van der Waals surface area contributed by atoms with Crippen molar-refractivity contribution in [2.45, 2.75) is 18.2 Å². The number of hydrogen-bond donors (Lipinski definition) is 6. The van der Waals surface area contributed by atoms with Crippen molar-refractivity contribution in [2.75, 3.05) is 6.16 Å². The molecule has 0 saturated heterocycles. The van der Waals surface area contributed by atoms with Gasteiger partial charge in [0.15, 0.2) is 5.40 Å². The molecule has 9 nitrogen and oxygen atoms in total. The Morgan fingerprint density at radius 1 is 0.833 bits per heavy atom. The Hall–Kier alpha value is 0.190. The van der Waals surface area contributed by atoms with Gasteiger partial charge in [0.1, 0.15) is 0 Å². The summed E-state index contributed by atoms with van der Waals surface area (Å²) < 4.78 is 32.2. The summed E-state index contributed by atoms with van der Waals surface area (Å²) in [5.74, 6) is 0. The van der Waals surface area contributed by atoms with Gasteiger partial charge in [0.2, 0.25) is 0 Å². The predicted octanol–water partition coefficient (Wildman–Crippen LogP) is 0.182. The Morgan fingerprint density at radius 3 is 1.61 bits per heavy atom. The predicted molar refractivity (Wildman–Crippen MR) is 63.2 cm³/mol. The average molecular weight is 324 g/mol. The summed E-state index contributed by atoms with van der Waals surface area (Å²) in [5.41, 5.74) is 0.